The molecule has 0 aromatic rings. The Kier molecular flexibility index (Phi) is 3.78. The van der Waals surface area contributed by atoms with Gasteiger partial charge in [0, 0.05) is 0 Å². The molecule has 1 rings (SSSR count). The largest absolute Gasteiger partial charge is 0.432 e. The topological polar surface area (TPSA) is 0 Å². The second-order valence-corrected chi connectivity index (χ2v) is 4.61. The molecule has 0 heterocycles. The van der Waals surface area contributed by atoms with Crippen LogP contribution in [-0.4, -0.2) is 47.4 Å². The first-order valence-corrected chi connectivity index (χ1v) is 5.02. The Morgan fingerprint density at radius 1 is 0.333 bits per heavy atom. The summed E-state index contributed by atoms with van der Waals surface area (Å²) in [6, 6.07) is 0. The summed E-state index contributed by atoms with van der Waals surface area (Å²) < 4.78 is 204. The van der Waals surface area contributed by atoms with Crippen molar-refractivity contribution in [3.8, 4) is 0 Å². The van der Waals surface area contributed by atoms with E-state index in [0.29, 0.717) is 0 Å². The molecule has 0 amide bonds. The average molecular weight is 400 g/mol. The van der Waals surface area contributed by atoms with Gasteiger partial charge in [-0.2, -0.15) is 61.5 Å². The van der Waals surface area contributed by atoms with Crippen LogP contribution in [0, 0.1) is 0 Å². The fourth-order valence-corrected chi connectivity index (χ4v) is 2.01. The zero-order valence-electron chi connectivity index (χ0n) is 10.0. The van der Waals surface area contributed by atoms with Crippen LogP contribution in [0.15, 0.2) is 0 Å². The smallest absolute Gasteiger partial charge is 0.222 e. The van der Waals surface area contributed by atoms with E-state index in [1.165, 1.54) is 0 Å². The normalized spacial score (nSPS) is 38.0. The van der Waals surface area contributed by atoms with Gasteiger partial charge in [-0.3, -0.25) is 0 Å². The highest BCUT2D eigenvalue weighted by Gasteiger charge is 3.08. The lowest BCUT2D eigenvalue weighted by molar-refractivity contribution is -0.524. The zero-order valence-corrected chi connectivity index (χ0v) is 10.0. The van der Waals surface area contributed by atoms with Gasteiger partial charge in [0.25, 0.3) is 0 Å². The van der Waals surface area contributed by atoms with Gasteiger partial charge in [-0.15, -0.1) is 0 Å². The zero-order chi connectivity index (χ0) is 20.0. The summed E-state index contributed by atoms with van der Waals surface area (Å²) in [5, 5.41) is 0. The van der Waals surface area contributed by atoms with Crippen LogP contribution in [0.25, 0.3) is 0 Å². The summed E-state index contributed by atoms with van der Waals surface area (Å²) in [6.45, 7) is 0. The van der Waals surface area contributed by atoms with Crippen molar-refractivity contribution in [3.05, 3.63) is 0 Å². The second kappa shape index (κ2) is 4.34. The van der Waals surface area contributed by atoms with Crippen molar-refractivity contribution in [3.63, 3.8) is 0 Å². The molecule has 0 nitrogen and oxygen atoms in total. The van der Waals surface area contributed by atoms with Gasteiger partial charge in [-0.05, 0) is 0 Å². The SMILES string of the molecule is FC1(F)C(F)(F)C(F)(F)[C@@](F)(C(F)(F)F)[C@](F)(C(F)(F)F)C1(F)F. The Bertz CT molecular complexity index is 475. The standard InChI is InChI=1S/C8F16/c9-1(7(19,20)21)2(10,8(22,23)24)4(13,14)6(17,18)5(15,16)3(1,11)12/t1-,2-/m1/s1. The minimum atomic E-state index is -8.43. The van der Waals surface area contributed by atoms with Crippen molar-refractivity contribution in [2.45, 2.75) is 47.4 Å². The summed E-state index contributed by atoms with van der Waals surface area (Å²) >= 11 is 0. The van der Waals surface area contributed by atoms with Gasteiger partial charge in [0.15, 0.2) is 0 Å². The molecule has 0 spiro atoms. The van der Waals surface area contributed by atoms with Gasteiger partial charge < -0.3 is 0 Å². The second-order valence-electron chi connectivity index (χ2n) is 4.61. The lowest BCUT2D eigenvalue weighted by Crippen LogP contribution is -2.90. The molecular weight excluding hydrogens is 400 g/mol. The number of halogens is 16. The van der Waals surface area contributed by atoms with Crippen molar-refractivity contribution in [2.75, 3.05) is 0 Å². The maximum Gasteiger partial charge on any atom is 0.432 e. The Morgan fingerprint density at radius 2 is 0.500 bits per heavy atom. The molecule has 144 valence electrons. The monoisotopic (exact) mass is 400 g/mol. The number of rotatable bonds is 0. The molecule has 1 aliphatic carbocycles. The van der Waals surface area contributed by atoms with Crippen molar-refractivity contribution in [2.24, 2.45) is 0 Å². The first-order valence-electron chi connectivity index (χ1n) is 5.02. The van der Waals surface area contributed by atoms with E-state index in [0.717, 1.165) is 0 Å². The molecule has 0 unspecified atom stereocenters. The molecule has 1 fully saturated rings. The molecule has 1 aliphatic rings. The molecule has 1 saturated carbocycles. The van der Waals surface area contributed by atoms with Crippen molar-refractivity contribution in [1.29, 1.82) is 0 Å². The van der Waals surface area contributed by atoms with Crippen molar-refractivity contribution < 1.29 is 70.2 Å². The Hall–Kier alpha value is -1.12. The molecule has 16 heteroatoms. The Balaban J connectivity index is 4.18. The van der Waals surface area contributed by atoms with Gasteiger partial charge >= 0.3 is 47.4 Å². The number of hydrogen-bond acceptors (Lipinski definition) is 0. The molecule has 0 aromatic heterocycles. The third-order valence-electron chi connectivity index (χ3n) is 3.30. The van der Waals surface area contributed by atoms with Crippen LogP contribution in [0.1, 0.15) is 0 Å². The molecule has 0 saturated heterocycles. The van der Waals surface area contributed by atoms with Crippen LogP contribution >= 0.6 is 0 Å². The van der Waals surface area contributed by atoms with Gasteiger partial charge in [0.2, 0.25) is 0 Å². The molecule has 0 N–H and O–H groups in total. The minimum absolute atomic E-state index is 8.03. The van der Waals surface area contributed by atoms with Crippen LogP contribution in [0.5, 0.6) is 0 Å². The van der Waals surface area contributed by atoms with Crippen LogP contribution in [-0.2, 0) is 0 Å². The van der Waals surface area contributed by atoms with Crippen LogP contribution in [0.2, 0.25) is 0 Å². The van der Waals surface area contributed by atoms with Crippen LogP contribution in [0.4, 0.5) is 70.2 Å². The maximum atomic E-state index is 13.5. The molecule has 0 aromatic carbocycles. The molecular formula is C8F16. The minimum Gasteiger partial charge on any atom is -0.222 e. The van der Waals surface area contributed by atoms with E-state index in [1.807, 2.05) is 0 Å². The van der Waals surface area contributed by atoms with E-state index in [4.69, 9.17) is 0 Å². The summed E-state index contributed by atoms with van der Waals surface area (Å²) in [4.78, 5) is 0. The number of alkyl halides is 16. The van der Waals surface area contributed by atoms with Gasteiger partial charge in [-0.25, -0.2) is 8.78 Å². The molecule has 0 radical (unpaired) electrons. The molecule has 24 heavy (non-hydrogen) atoms. The van der Waals surface area contributed by atoms with E-state index < -0.39 is 47.4 Å². The molecule has 2 atom stereocenters. The molecule has 0 aliphatic heterocycles. The quantitative estimate of drug-likeness (QED) is 0.498. The summed E-state index contributed by atoms with van der Waals surface area (Å²) in [6.07, 6.45) is -16.2. The predicted molar refractivity (Wildman–Crippen MR) is 39.6 cm³/mol. The van der Waals surface area contributed by atoms with Crippen molar-refractivity contribution in [1.82, 2.24) is 0 Å². The van der Waals surface area contributed by atoms with E-state index in [-0.39, 0.29) is 0 Å². The Morgan fingerprint density at radius 3 is 0.625 bits per heavy atom. The first-order chi connectivity index (χ1) is 10.0. The van der Waals surface area contributed by atoms with E-state index in [2.05, 4.69) is 0 Å². The Labute approximate surface area is 119 Å². The fraction of sp³-hybridized carbons (Fsp3) is 1.00. The van der Waals surface area contributed by atoms with Gasteiger partial charge in [-0.1, -0.05) is 0 Å². The highest BCUT2D eigenvalue weighted by atomic mass is 19.4. The van der Waals surface area contributed by atoms with Gasteiger partial charge in [0.1, 0.15) is 0 Å². The van der Waals surface area contributed by atoms with Crippen LogP contribution < -0.4 is 0 Å². The summed E-state index contributed by atoms with van der Waals surface area (Å²) in [5.41, 5.74) is -16.9. The highest BCUT2D eigenvalue weighted by Crippen LogP contribution is 2.74. The first kappa shape index (κ1) is 20.9. The van der Waals surface area contributed by atoms with Crippen molar-refractivity contribution >= 4 is 0 Å². The third-order valence-corrected chi connectivity index (χ3v) is 3.30. The van der Waals surface area contributed by atoms with Gasteiger partial charge in [0.05, 0.1) is 0 Å². The highest BCUT2D eigenvalue weighted by molar-refractivity contribution is 5.33. The van der Waals surface area contributed by atoms with E-state index in [9.17, 15) is 70.2 Å². The van der Waals surface area contributed by atoms with E-state index in [1.54, 1.807) is 0 Å². The predicted octanol–water partition coefficient (Wildman–Crippen LogP) is 5.08. The fourth-order valence-electron chi connectivity index (χ4n) is 2.01. The lowest BCUT2D eigenvalue weighted by Gasteiger charge is -2.55. The average Bonchev–Trinajstić information content (AvgIpc) is 2.31. The summed E-state index contributed by atoms with van der Waals surface area (Å²) in [7, 11) is 0. The lowest BCUT2D eigenvalue weighted by atomic mass is 9.64. The number of hydrogen-bond donors (Lipinski definition) is 0. The van der Waals surface area contributed by atoms with E-state index >= 15 is 0 Å². The van der Waals surface area contributed by atoms with Crippen LogP contribution in [0.3, 0.4) is 0 Å². The maximum absolute atomic E-state index is 13.5. The molecule has 0 bridgehead atoms. The summed E-state index contributed by atoms with van der Waals surface area (Å²) in [5.74, 6) is -32.6. The third kappa shape index (κ3) is 1.64.